The zero-order valence-electron chi connectivity index (χ0n) is 36.1. The average molecular weight is 873 g/mol. The molecule has 3 aromatic carbocycles. The Kier molecular flexibility index (Phi) is 19.8. The Morgan fingerprint density at radius 2 is 1.58 bits per heavy atom. The van der Waals surface area contributed by atoms with Crippen LogP contribution in [0.5, 0.6) is 17.2 Å². The summed E-state index contributed by atoms with van der Waals surface area (Å²) < 4.78 is 18.1. The van der Waals surface area contributed by atoms with Crippen molar-refractivity contribution in [3.8, 4) is 34.4 Å². The van der Waals surface area contributed by atoms with Gasteiger partial charge in [0.25, 0.3) is 0 Å². The molecule has 0 unspecified atom stereocenters. The molecule has 7 N–H and O–H groups in total. The molecule has 4 atom stereocenters. The third kappa shape index (κ3) is 13.6. The van der Waals surface area contributed by atoms with E-state index in [0.717, 1.165) is 25.7 Å². The predicted octanol–water partition coefficient (Wildman–Crippen LogP) is 5.89. The molecule has 0 saturated carbocycles. The van der Waals surface area contributed by atoms with Crippen molar-refractivity contribution in [2.75, 3.05) is 46.5 Å². The monoisotopic (exact) mass is 872 g/mol. The first-order chi connectivity index (χ1) is 29.9. The van der Waals surface area contributed by atoms with Crippen LogP contribution in [0.15, 0.2) is 54.6 Å². The van der Waals surface area contributed by atoms with E-state index in [0.29, 0.717) is 46.1 Å². The van der Waals surface area contributed by atoms with Crippen molar-refractivity contribution in [2.45, 2.75) is 90.1 Å². The van der Waals surface area contributed by atoms with Crippen molar-refractivity contribution in [1.29, 1.82) is 5.26 Å². The summed E-state index contributed by atoms with van der Waals surface area (Å²) >= 11 is 6.60. The quantitative estimate of drug-likeness (QED) is 0.0685. The molecular weight excluding hydrogens is 812 g/mol. The number of nitriles is 1. The molecule has 3 aromatic rings. The van der Waals surface area contributed by atoms with Gasteiger partial charge in [0.2, 0.25) is 11.8 Å². The number of halogens is 1. The molecule has 0 aromatic heterocycles. The highest BCUT2D eigenvalue weighted by atomic mass is 35.5. The van der Waals surface area contributed by atoms with Crippen molar-refractivity contribution < 1.29 is 38.2 Å². The third-order valence-electron chi connectivity index (χ3n) is 10.8. The van der Waals surface area contributed by atoms with Crippen LogP contribution < -0.4 is 36.7 Å². The summed E-state index contributed by atoms with van der Waals surface area (Å²) in [5.74, 6) is -2.67. The lowest BCUT2D eigenvalue weighted by atomic mass is 9.88. The van der Waals surface area contributed by atoms with Crippen molar-refractivity contribution in [3.05, 3.63) is 76.3 Å². The second-order valence-corrected chi connectivity index (χ2v) is 16.0. The maximum absolute atomic E-state index is 14.6. The van der Waals surface area contributed by atoms with Crippen LogP contribution in [0.4, 0.5) is 0 Å². The molecule has 1 heterocycles. The van der Waals surface area contributed by atoms with E-state index < -0.39 is 41.5 Å². The van der Waals surface area contributed by atoms with Crippen molar-refractivity contribution >= 4 is 40.8 Å². The topological polar surface area (TPSA) is 230 Å². The van der Waals surface area contributed by atoms with Crippen molar-refractivity contribution in [1.82, 2.24) is 10.2 Å². The maximum Gasteiger partial charge on any atom is 0.226 e. The van der Waals surface area contributed by atoms with Gasteiger partial charge in [0, 0.05) is 74.3 Å². The molecule has 334 valence electrons. The van der Waals surface area contributed by atoms with E-state index in [1.165, 1.54) is 11.9 Å². The lowest BCUT2D eigenvalue weighted by Gasteiger charge is -2.32. The summed E-state index contributed by atoms with van der Waals surface area (Å²) in [4.78, 5) is 71.6. The predicted molar refractivity (Wildman–Crippen MR) is 238 cm³/mol. The number of benzene rings is 3. The van der Waals surface area contributed by atoms with Gasteiger partial charge in [-0.25, -0.2) is 0 Å². The number of fused-ring (bicyclic) bond motifs is 5. The van der Waals surface area contributed by atoms with E-state index in [1.807, 2.05) is 12.1 Å². The number of nitrogens with two attached hydrogens (primary N) is 3. The molecular formula is C47H61ClN6O8. The van der Waals surface area contributed by atoms with Crippen LogP contribution in [-0.2, 0) is 25.6 Å². The van der Waals surface area contributed by atoms with Crippen LogP contribution in [0.3, 0.4) is 0 Å². The van der Waals surface area contributed by atoms with Crippen LogP contribution in [0.1, 0.15) is 99.2 Å². The number of hydrogen-bond donors (Lipinski definition) is 4. The normalized spacial score (nSPS) is 16.9. The molecule has 2 amide bonds. The van der Waals surface area contributed by atoms with Crippen LogP contribution in [0, 0.1) is 23.2 Å². The van der Waals surface area contributed by atoms with Gasteiger partial charge in [0.05, 0.1) is 23.7 Å². The molecule has 0 aliphatic carbocycles. The Balaban J connectivity index is 1.78. The molecule has 0 spiro atoms. The highest BCUT2D eigenvalue weighted by molar-refractivity contribution is 6.34. The van der Waals surface area contributed by atoms with E-state index in [1.54, 1.807) is 55.5 Å². The summed E-state index contributed by atoms with van der Waals surface area (Å²) in [5.41, 5.74) is 20.1. The molecule has 0 saturated heterocycles. The highest BCUT2D eigenvalue weighted by Gasteiger charge is 2.36. The Morgan fingerprint density at radius 1 is 0.887 bits per heavy atom. The van der Waals surface area contributed by atoms with E-state index >= 15 is 0 Å². The van der Waals surface area contributed by atoms with Gasteiger partial charge < -0.3 is 41.6 Å². The first kappa shape index (κ1) is 49.3. The number of ether oxygens (including phenoxy) is 3. The molecule has 1 aliphatic heterocycles. The van der Waals surface area contributed by atoms with Gasteiger partial charge >= 0.3 is 0 Å². The van der Waals surface area contributed by atoms with Gasteiger partial charge in [-0.1, -0.05) is 56.8 Å². The van der Waals surface area contributed by atoms with E-state index in [4.69, 9.17) is 43.0 Å². The van der Waals surface area contributed by atoms with Crippen LogP contribution in [-0.4, -0.2) is 86.6 Å². The lowest BCUT2D eigenvalue weighted by Crippen LogP contribution is -2.46. The SMILES string of the molecule is CCCCCCOc1ccc(C(=O)C[C@@H](CCN)C(=O)N(C)[C@@H]2C(=O)C[C@@H](C)C(=O)N[C@H](C(=O)CCC#N)Cc3ccc(OCCN)c(c3)-c3cc2ccc3OCCN)c(Cl)c1. The van der Waals surface area contributed by atoms with Crippen LogP contribution in [0.25, 0.3) is 11.1 Å². The Bertz CT molecular complexity index is 2070. The molecule has 14 nitrogen and oxygen atoms in total. The summed E-state index contributed by atoms with van der Waals surface area (Å²) in [6.07, 6.45) is 3.77. The van der Waals surface area contributed by atoms with Gasteiger partial charge in [-0.05, 0) is 79.4 Å². The number of unbranched alkanes of at least 4 members (excludes halogenated alkanes) is 3. The lowest BCUT2D eigenvalue weighted by molar-refractivity contribution is -0.142. The standard InChI is InChI=1S/C47H61ClN6O8/c1-4-5-6-7-21-60-34-12-13-35(38(48)29-34)41(56)28-33(16-18-50)47(59)54(3)45-32-11-15-44(62-23-20-52)37(27-32)36-25-31(10-14-43(36)61-22-19-51)26-39(40(55)9-8-17-49)53-46(58)30(2)24-42(45)57/h10-15,25,27,29-30,33,39,45H,4-9,16,18-24,26,28,50-52H2,1-3H3,(H,53,58)/t30-,33-,39+,45+/m1/s1. The van der Waals surface area contributed by atoms with Crippen LogP contribution >= 0.6 is 11.6 Å². The number of Topliss-reactive ketones (excluding diaryl/α,β-unsaturated/α-hetero) is 3. The Morgan fingerprint density at radius 3 is 2.23 bits per heavy atom. The molecule has 4 bridgehead atoms. The number of carbonyl (C=O) groups excluding carboxylic acids is 5. The maximum atomic E-state index is 14.6. The number of rotatable bonds is 22. The number of ketones is 3. The number of carbonyl (C=O) groups is 5. The zero-order chi connectivity index (χ0) is 45.2. The van der Waals surface area contributed by atoms with Gasteiger partial charge in [0.1, 0.15) is 36.5 Å². The average Bonchev–Trinajstić information content (AvgIpc) is 3.26. The third-order valence-corrected chi connectivity index (χ3v) is 11.1. The molecule has 0 fully saturated rings. The molecule has 1 aliphatic rings. The zero-order valence-corrected chi connectivity index (χ0v) is 36.8. The smallest absolute Gasteiger partial charge is 0.226 e. The van der Waals surface area contributed by atoms with Gasteiger partial charge in [-0.15, -0.1) is 0 Å². The summed E-state index contributed by atoms with van der Waals surface area (Å²) in [5, 5.41) is 12.2. The largest absolute Gasteiger partial charge is 0.494 e. The van der Waals surface area contributed by atoms with Gasteiger partial charge in [-0.3, -0.25) is 24.0 Å². The number of amides is 2. The van der Waals surface area contributed by atoms with Gasteiger partial charge in [0.15, 0.2) is 17.3 Å². The molecule has 15 heteroatoms. The summed E-state index contributed by atoms with van der Waals surface area (Å²) in [6.45, 7) is 5.09. The summed E-state index contributed by atoms with van der Waals surface area (Å²) in [7, 11) is 1.49. The number of likely N-dealkylation sites (N-methyl/N-ethyl adjacent to an activating group) is 1. The van der Waals surface area contributed by atoms with Crippen molar-refractivity contribution in [2.24, 2.45) is 29.0 Å². The number of nitrogens with zero attached hydrogens (tertiary/aromatic N) is 2. The van der Waals surface area contributed by atoms with E-state index in [-0.39, 0.29) is 93.5 Å². The Hall–Kier alpha value is -5.33. The molecule has 4 rings (SSSR count). The second kappa shape index (κ2) is 24.9. The van der Waals surface area contributed by atoms with Crippen molar-refractivity contribution in [3.63, 3.8) is 0 Å². The molecule has 0 radical (unpaired) electrons. The fourth-order valence-corrected chi connectivity index (χ4v) is 7.78. The Labute approximate surface area is 369 Å². The molecule has 62 heavy (non-hydrogen) atoms. The minimum atomic E-state index is -1.24. The fourth-order valence-electron chi connectivity index (χ4n) is 7.51. The summed E-state index contributed by atoms with van der Waals surface area (Å²) in [6, 6.07) is 15.1. The first-order valence-electron chi connectivity index (χ1n) is 21.4. The first-order valence-corrected chi connectivity index (χ1v) is 21.8. The fraction of sp³-hybridized carbons (Fsp3) is 0.489. The number of nitrogens with one attached hydrogen (secondary N) is 1. The number of hydrogen-bond acceptors (Lipinski definition) is 12. The second-order valence-electron chi connectivity index (χ2n) is 15.6. The van der Waals surface area contributed by atoms with Gasteiger partial charge in [-0.2, -0.15) is 5.26 Å². The highest BCUT2D eigenvalue weighted by Crippen LogP contribution is 2.41. The minimum absolute atomic E-state index is 0.0304. The van der Waals surface area contributed by atoms with E-state index in [2.05, 4.69) is 12.2 Å². The van der Waals surface area contributed by atoms with E-state index in [9.17, 15) is 29.2 Å². The van der Waals surface area contributed by atoms with Crippen LogP contribution in [0.2, 0.25) is 5.02 Å². The minimum Gasteiger partial charge on any atom is -0.494 e.